The Morgan fingerprint density at radius 2 is 2.11 bits per heavy atom. The highest BCUT2D eigenvalue weighted by Crippen LogP contribution is 2.44. The van der Waals surface area contributed by atoms with Gasteiger partial charge in [0.2, 0.25) is 0 Å². The second-order valence-corrected chi connectivity index (χ2v) is 3.58. The third-order valence-corrected chi connectivity index (χ3v) is 2.27. The lowest BCUT2D eigenvalue weighted by molar-refractivity contribution is -0.115. The summed E-state index contributed by atoms with van der Waals surface area (Å²) in [7, 11) is 0. The monoisotopic (exact) mass is 130 g/mol. The molecule has 0 aromatic carbocycles. The largest absolute Gasteiger partial charge is 0.396 e. The average molecular weight is 130 g/mol. The van der Waals surface area contributed by atoms with E-state index in [0.717, 1.165) is 6.42 Å². The molecule has 1 rings (SSSR count). The van der Waals surface area contributed by atoms with Crippen LogP contribution in [0.1, 0.15) is 20.3 Å². The molecule has 1 aliphatic carbocycles. The molecule has 2 nitrogen and oxygen atoms in total. The molecule has 0 radical (unpaired) electrons. The number of aliphatic hydroxyl groups excluding tert-OH is 2. The van der Waals surface area contributed by atoms with Gasteiger partial charge in [-0.25, -0.2) is 0 Å². The van der Waals surface area contributed by atoms with Crippen molar-refractivity contribution in [2.24, 2.45) is 11.3 Å². The molecule has 0 aromatic heterocycles. The highest BCUT2D eigenvalue weighted by Gasteiger charge is 2.45. The quantitative estimate of drug-likeness (QED) is 0.539. The molecule has 1 aliphatic rings. The average Bonchev–Trinajstić information content (AvgIpc) is 1.82. The van der Waals surface area contributed by atoms with Gasteiger partial charge in [0.1, 0.15) is 0 Å². The van der Waals surface area contributed by atoms with Gasteiger partial charge in [0.25, 0.3) is 0 Å². The van der Waals surface area contributed by atoms with E-state index in [1.807, 2.05) is 13.8 Å². The SMILES string of the molecule is CC1(C)C[C@@H](CO)[C@H]1O. The minimum Gasteiger partial charge on any atom is -0.396 e. The fraction of sp³-hybridized carbons (Fsp3) is 1.00. The van der Waals surface area contributed by atoms with Gasteiger partial charge in [0.05, 0.1) is 6.10 Å². The van der Waals surface area contributed by atoms with Crippen LogP contribution in [0.3, 0.4) is 0 Å². The maximum Gasteiger partial charge on any atom is 0.0641 e. The molecule has 2 N–H and O–H groups in total. The normalized spacial score (nSPS) is 40.0. The maximum absolute atomic E-state index is 9.28. The Labute approximate surface area is 55.5 Å². The molecule has 0 bridgehead atoms. The van der Waals surface area contributed by atoms with Crippen molar-refractivity contribution in [2.45, 2.75) is 26.4 Å². The summed E-state index contributed by atoms with van der Waals surface area (Å²) in [6.07, 6.45) is 0.660. The summed E-state index contributed by atoms with van der Waals surface area (Å²) in [5.41, 5.74) is 0.0490. The second kappa shape index (κ2) is 1.96. The molecule has 0 amide bonds. The van der Waals surface area contributed by atoms with E-state index in [2.05, 4.69) is 0 Å². The molecule has 2 heteroatoms. The van der Waals surface area contributed by atoms with Crippen molar-refractivity contribution in [3.05, 3.63) is 0 Å². The highest BCUT2D eigenvalue weighted by atomic mass is 16.3. The summed E-state index contributed by atoms with van der Waals surface area (Å²) >= 11 is 0. The molecule has 0 unspecified atom stereocenters. The van der Waals surface area contributed by atoms with Gasteiger partial charge in [0, 0.05) is 12.5 Å². The zero-order chi connectivity index (χ0) is 7.07. The van der Waals surface area contributed by atoms with Crippen LogP contribution in [0, 0.1) is 11.3 Å². The molecule has 54 valence electrons. The van der Waals surface area contributed by atoms with Crippen LogP contribution in [0.25, 0.3) is 0 Å². The standard InChI is InChI=1S/C7H14O2/c1-7(2)3-5(4-8)6(7)9/h5-6,8-9H,3-4H2,1-2H3/t5-,6+/m0/s1. The lowest BCUT2D eigenvalue weighted by Gasteiger charge is -2.47. The first-order valence-corrected chi connectivity index (χ1v) is 3.37. The van der Waals surface area contributed by atoms with Crippen LogP contribution >= 0.6 is 0 Å². The minimum atomic E-state index is -0.289. The number of hydrogen-bond donors (Lipinski definition) is 2. The van der Waals surface area contributed by atoms with Crippen LogP contribution in [0.5, 0.6) is 0 Å². The van der Waals surface area contributed by atoms with Gasteiger partial charge in [-0.1, -0.05) is 13.8 Å². The summed E-state index contributed by atoms with van der Waals surface area (Å²) in [5, 5.41) is 17.9. The van der Waals surface area contributed by atoms with Crippen LogP contribution in [-0.2, 0) is 0 Å². The third kappa shape index (κ3) is 0.970. The Morgan fingerprint density at radius 1 is 1.56 bits per heavy atom. The Balaban J connectivity index is 2.41. The lowest BCUT2D eigenvalue weighted by atomic mass is 9.62. The molecule has 0 aromatic rings. The molecule has 0 heterocycles. The van der Waals surface area contributed by atoms with Gasteiger partial charge < -0.3 is 10.2 Å². The number of aliphatic hydroxyl groups is 2. The molecule has 9 heavy (non-hydrogen) atoms. The molecule has 0 aliphatic heterocycles. The second-order valence-electron chi connectivity index (χ2n) is 3.58. The Morgan fingerprint density at radius 3 is 2.22 bits per heavy atom. The smallest absolute Gasteiger partial charge is 0.0641 e. The summed E-state index contributed by atoms with van der Waals surface area (Å²) in [5.74, 6) is 0.139. The first-order valence-electron chi connectivity index (χ1n) is 3.37. The van der Waals surface area contributed by atoms with Crippen LogP contribution in [0.15, 0.2) is 0 Å². The van der Waals surface area contributed by atoms with Gasteiger partial charge >= 0.3 is 0 Å². The van der Waals surface area contributed by atoms with E-state index in [1.165, 1.54) is 0 Å². The fourth-order valence-corrected chi connectivity index (χ4v) is 1.55. The summed E-state index contributed by atoms with van der Waals surface area (Å²) in [4.78, 5) is 0. The Bertz CT molecular complexity index is 109. The van der Waals surface area contributed by atoms with Gasteiger partial charge in [-0.05, 0) is 11.8 Å². The van der Waals surface area contributed by atoms with Crippen LogP contribution in [-0.4, -0.2) is 22.9 Å². The van der Waals surface area contributed by atoms with Crippen molar-refractivity contribution >= 4 is 0 Å². The van der Waals surface area contributed by atoms with Gasteiger partial charge in [-0.3, -0.25) is 0 Å². The van der Waals surface area contributed by atoms with Crippen molar-refractivity contribution < 1.29 is 10.2 Å². The first kappa shape index (κ1) is 7.03. The Hall–Kier alpha value is -0.0800. The van der Waals surface area contributed by atoms with Gasteiger partial charge in [-0.2, -0.15) is 0 Å². The van der Waals surface area contributed by atoms with Crippen molar-refractivity contribution in [3.8, 4) is 0 Å². The summed E-state index contributed by atoms with van der Waals surface area (Å²) in [6, 6.07) is 0. The molecule has 0 saturated heterocycles. The van der Waals surface area contributed by atoms with Gasteiger partial charge in [0.15, 0.2) is 0 Å². The van der Waals surface area contributed by atoms with E-state index in [-0.39, 0.29) is 24.0 Å². The molecule has 2 atom stereocenters. The molecule has 0 spiro atoms. The van der Waals surface area contributed by atoms with E-state index in [9.17, 15) is 5.11 Å². The third-order valence-electron chi connectivity index (χ3n) is 2.27. The first-order chi connectivity index (χ1) is 4.08. The summed E-state index contributed by atoms with van der Waals surface area (Å²) in [6.45, 7) is 4.16. The molecule has 1 fully saturated rings. The predicted molar refractivity (Wildman–Crippen MR) is 35.0 cm³/mol. The Kier molecular flexibility index (Phi) is 1.53. The van der Waals surface area contributed by atoms with E-state index < -0.39 is 0 Å². The van der Waals surface area contributed by atoms with Crippen molar-refractivity contribution in [3.63, 3.8) is 0 Å². The van der Waals surface area contributed by atoms with Crippen molar-refractivity contribution in [1.29, 1.82) is 0 Å². The zero-order valence-electron chi connectivity index (χ0n) is 5.96. The fourth-order valence-electron chi connectivity index (χ4n) is 1.55. The molecular formula is C7H14O2. The van der Waals surface area contributed by atoms with Crippen LogP contribution < -0.4 is 0 Å². The number of hydrogen-bond acceptors (Lipinski definition) is 2. The molecule has 1 saturated carbocycles. The van der Waals surface area contributed by atoms with Crippen LogP contribution in [0.2, 0.25) is 0 Å². The molecular weight excluding hydrogens is 116 g/mol. The van der Waals surface area contributed by atoms with Crippen molar-refractivity contribution in [1.82, 2.24) is 0 Å². The van der Waals surface area contributed by atoms with Crippen LogP contribution in [0.4, 0.5) is 0 Å². The number of rotatable bonds is 1. The minimum absolute atomic E-state index is 0.0490. The lowest BCUT2D eigenvalue weighted by Crippen LogP contribution is -2.50. The van der Waals surface area contributed by atoms with E-state index in [4.69, 9.17) is 5.11 Å². The predicted octanol–water partition coefficient (Wildman–Crippen LogP) is 0.386. The maximum atomic E-state index is 9.28. The van der Waals surface area contributed by atoms with Gasteiger partial charge in [-0.15, -0.1) is 0 Å². The van der Waals surface area contributed by atoms with E-state index in [0.29, 0.717) is 0 Å². The van der Waals surface area contributed by atoms with Crippen molar-refractivity contribution in [2.75, 3.05) is 6.61 Å². The van der Waals surface area contributed by atoms with E-state index in [1.54, 1.807) is 0 Å². The highest BCUT2D eigenvalue weighted by molar-refractivity contribution is 4.95. The topological polar surface area (TPSA) is 40.5 Å². The summed E-state index contributed by atoms with van der Waals surface area (Å²) < 4.78 is 0. The zero-order valence-corrected chi connectivity index (χ0v) is 5.96. The van der Waals surface area contributed by atoms with E-state index >= 15 is 0 Å².